The maximum absolute atomic E-state index is 5.42. The molecule has 2 atom stereocenters. The Labute approximate surface area is 108 Å². The Balaban J connectivity index is 1.78. The molecular formula is C13H24BrNO. The highest BCUT2D eigenvalue weighted by atomic mass is 79.9. The van der Waals surface area contributed by atoms with Crippen LogP contribution in [0.15, 0.2) is 0 Å². The molecule has 0 spiro atoms. The summed E-state index contributed by atoms with van der Waals surface area (Å²) in [7, 11) is 2.31. The van der Waals surface area contributed by atoms with Gasteiger partial charge in [-0.1, -0.05) is 28.8 Å². The summed E-state index contributed by atoms with van der Waals surface area (Å²) in [6, 6.07) is 0.761. The first kappa shape index (κ1) is 12.8. The van der Waals surface area contributed by atoms with E-state index >= 15 is 0 Å². The van der Waals surface area contributed by atoms with Crippen molar-refractivity contribution >= 4 is 15.9 Å². The third-order valence-corrected chi connectivity index (χ3v) is 5.17. The van der Waals surface area contributed by atoms with Gasteiger partial charge in [0.2, 0.25) is 0 Å². The van der Waals surface area contributed by atoms with Crippen LogP contribution in [-0.2, 0) is 4.74 Å². The third kappa shape index (κ3) is 3.44. The van der Waals surface area contributed by atoms with Crippen LogP contribution in [0.1, 0.15) is 38.5 Å². The normalized spacial score (nSPS) is 33.2. The molecule has 1 heterocycles. The molecule has 3 heteroatoms. The summed E-state index contributed by atoms with van der Waals surface area (Å²) in [5, 5.41) is 0. The minimum atomic E-state index is 0.714. The van der Waals surface area contributed by atoms with Gasteiger partial charge in [0.15, 0.2) is 0 Å². The van der Waals surface area contributed by atoms with Gasteiger partial charge in [0.1, 0.15) is 0 Å². The first-order chi connectivity index (χ1) is 7.77. The number of hydrogen-bond acceptors (Lipinski definition) is 2. The van der Waals surface area contributed by atoms with Crippen LogP contribution in [0.5, 0.6) is 0 Å². The van der Waals surface area contributed by atoms with E-state index in [1.807, 2.05) is 0 Å². The summed E-state index contributed by atoms with van der Waals surface area (Å²) in [6.07, 6.45) is 8.04. The predicted octanol–water partition coefficient (Wildman–Crippen LogP) is 3.05. The fourth-order valence-corrected chi connectivity index (χ4v) is 4.03. The van der Waals surface area contributed by atoms with E-state index in [1.165, 1.54) is 45.1 Å². The molecule has 2 aliphatic rings. The smallest absolute Gasteiger partial charge is 0.0469 e. The zero-order valence-corrected chi connectivity index (χ0v) is 11.9. The van der Waals surface area contributed by atoms with E-state index in [-0.39, 0.29) is 0 Å². The Kier molecular flexibility index (Phi) is 5.11. The zero-order chi connectivity index (χ0) is 11.4. The van der Waals surface area contributed by atoms with Crippen LogP contribution in [0.3, 0.4) is 0 Å². The molecule has 0 aromatic rings. The Bertz CT molecular complexity index is 206. The van der Waals surface area contributed by atoms with Crippen LogP contribution in [0.2, 0.25) is 0 Å². The van der Waals surface area contributed by atoms with Crippen molar-refractivity contribution in [2.24, 2.45) is 5.92 Å². The molecular weight excluding hydrogens is 266 g/mol. The molecule has 0 radical (unpaired) electrons. The second kappa shape index (κ2) is 6.36. The van der Waals surface area contributed by atoms with Gasteiger partial charge in [-0.05, 0) is 38.6 Å². The highest BCUT2D eigenvalue weighted by molar-refractivity contribution is 9.09. The maximum atomic E-state index is 5.42. The molecule has 2 fully saturated rings. The predicted molar refractivity (Wildman–Crippen MR) is 71.1 cm³/mol. The Morgan fingerprint density at radius 1 is 1.12 bits per heavy atom. The van der Waals surface area contributed by atoms with E-state index in [0.29, 0.717) is 4.83 Å². The van der Waals surface area contributed by atoms with Gasteiger partial charge in [0.05, 0.1) is 0 Å². The van der Waals surface area contributed by atoms with Gasteiger partial charge in [-0.25, -0.2) is 0 Å². The summed E-state index contributed by atoms with van der Waals surface area (Å²) >= 11 is 3.85. The van der Waals surface area contributed by atoms with Crippen molar-refractivity contribution in [2.75, 3.05) is 26.8 Å². The van der Waals surface area contributed by atoms with Crippen molar-refractivity contribution in [1.29, 1.82) is 0 Å². The molecule has 2 nitrogen and oxygen atoms in total. The fraction of sp³-hybridized carbons (Fsp3) is 1.00. The SMILES string of the molecule is CN(CC1CCOCC1)C1CCCCC1Br. The van der Waals surface area contributed by atoms with E-state index in [1.54, 1.807) is 0 Å². The molecule has 1 aliphatic heterocycles. The van der Waals surface area contributed by atoms with Crippen LogP contribution in [0.25, 0.3) is 0 Å². The van der Waals surface area contributed by atoms with E-state index < -0.39 is 0 Å². The molecule has 1 aliphatic carbocycles. The first-order valence-electron chi connectivity index (χ1n) is 6.69. The quantitative estimate of drug-likeness (QED) is 0.741. The van der Waals surface area contributed by atoms with Crippen molar-refractivity contribution in [3.05, 3.63) is 0 Å². The lowest BCUT2D eigenvalue weighted by Gasteiger charge is -2.37. The molecule has 1 saturated heterocycles. The van der Waals surface area contributed by atoms with Crippen LogP contribution in [0, 0.1) is 5.92 Å². The molecule has 0 bridgehead atoms. The lowest BCUT2D eigenvalue weighted by Crippen LogP contribution is -2.43. The summed E-state index contributed by atoms with van der Waals surface area (Å²) in [5.74, 6) is 0.861. The highest BCUT2D eigenvalue weighted by Crippen LogP contribution is 2.29. The van der Waals surface area contributed by atoms with Crippen LogP contribution < -0.4 is 0 Å². The van der Waals surface area contributed by atoms with Crippen molar-refractivity contribution in [1.82, 2.24) is 4.90 Å². The Morgan fingerprint density at radius 2 is 1.81 bits per heavy atom. The van der Waals surface area contributed by atoms with Gasteiger partial charge in [0.25, 0.3) is 0 Å². The number of hydrogen-bond donors (Lipinski definition) is 0. The van der Waals surface area contributed by atoms with Crippen LogP contribution in [-0.4, -0.2) is 42.6 Å². The van der Waals surface area contributed by atoms with Gasteiger partial charge in [-0.3, -0.25) is 0 Å². The second-order valence-corrected chi connectivity index (χ2v) is 6.54. The number of ether oxygens (including phenoxy) is 1. The molecule has 2 rings (SSSR count). The molecule has 2 unspecified atom stereocenters. The summed E-state index contributed by atoms with van der Waals surface area (Å²) in [4.78, 5) is 3.31. The molecule has 94 valence electrons. The zero-order valence-electron chi connectivity index (χ0n) is 10.3. The van der Waals surface area contributed by atoms with Gasteiger partial charge < -0.3 is 9.64 Å². The number of alkyl halides is 1. The second-order valence-electron chi connectivity index (χ2n) is 5.36. The van der Waals surface area contributed by atoms with Crippen molar-refractivity contribution in [3.8, 4) is 0 Å². The largest absolute Gasteiger partial charge is 0.381 e. The molecule has 0 aromatic heterocycles. The topological polar surface area (TPSA) is 12.5 Å². The molecule has 0 N–H and O–H groups in total. The minimum Gasteiger partial charge on any atom is -0.381 e. The molecule has 0 amide bonds. The van der Waals surface area contributed by atoms with E-state index in [4.69, 9.17) is 4.74 Å². The molecule has 1 saturated carbocycles. The van der Waals surface area contributed by atoms with Gasteiger partial charge in [-0.15, -0.1) is 0 Å². The number of rotatable bonds is 3. The summed E-state index contributed by atoms with van der Waals surface area (Å²) < 4.78 is 5.42. The summed E-state index contributed by atoms with van der Waals surface area (Å²) in [5.41, 5.74) is 0. The lowest BCUT2D eigenvalue weighted by molar-refractivity contribution is 0.0481. The molecule has 16 heavy (non-hydrogen) atoms. The Morgan fingerprint density at radius 3 is 2.50 bits per heavy atom. The lowest BCUT2D eigenvalue weighted by atomic mass is 9.92. The van der Waals surface area contributed by atoms with Gasteiger partial charge >= 0.3 is 0 Å². The van der Waals surface area contributed by atoms with Gasteiger partial charge in [0, 0.05) is 30.6 Å². The van der Waals surface area contributed by atoms with Crippen LogP contribution >= 0.6 is 15.9 Å². The minimum absolute atomic E-state index is 0.714. The number of halogens is 1. The van der Waals surface area contributed by atoms with E-state index in [2.05, 4.69) is 27.9 Å². The van der Waals surface area contributed by atoms with Crippen molar-refractivity contribution in [2.45, 2.75) is 49.4 Å². The first-order valence-corrected chi connectivity index (χ1v) is 7.61. The summed E-state index contributed by atoms with van der Waals surface area (Å²) in [6.45, 7) is 3.21. The van der Waals surface area contributed by atoms with E-state index in [0.717, 1.165) is 25.2 Å². The Hall–Kier alpha value is 0.400. The highest BCUT2D eigenvalue weighted by Gasteiger charge is 2.27. The average Bonchev–Trinajstić information content (AvgIpc) is 2.31. The van der Waals surface area contributed by atoms with E-state index in [9.17, 15) is 0 Å². The number of nitrogens with zero attached hydrogens (tertiary/aromatic N) is 1. The van der Waals surface area contributed by atoms with Crippen LogP contribution in [0.4, 0.5) is 0 Å². The fourth-order valence-electron chi connectivity index (χ4n) is 3.03. The molecule has 0 aromatic carbocycles. The third-order valence-electron chi connectivity index (χ3n) is 4.10. The maximum Gasteiger partial charge on any atom is 0.0469 e. The van der Waals surface area contributed by atoms with Gasteiger partial charge in [-0.2, -0.15) is 0 Å². The van der Waals surface area contributed by atoms with Crippen molar-refractivity contribution in [3.63, 3.8) is 0 Å². The monoisotopic (exact) mass is 289 g/mol. The standard InChI is InChI=1S/C13H24BrNO/c1-15(10-11-6-8-16-9-7-11)13-5-3-2-4-12(13)14/h11-13H,2-10H2,1H3. The average molecular weight is 290 g/mol. The van der Waals surface area contributed by atoms with Crippen molar-refractivity contribution < 1.29 is 4.74 Å².